The van der Waals surface area contributed by atoms with Gasteiger partial charge in [0.2, 0.25) is 5.91 Å². The van der Waals surface area contributed by atoms with Gasteiger partial charge in [-0.15, -0.1) is 11.8 Å². The van der Waals surface area contributed by atoms with E-state index in [4.69, 9.17) is 0 Å². The van der Waals surface area contributed by atoms with Crippen LogP contribution >= 0.6 is 11.8 Å². The first-order chi connectivity index (χ1) is 14.0. The predicted molar refractivity (Wildman–Crippen MR) is 115 cm³/mol. The van der Waals surface area contributed by atoms with Gasteiger partial charge in [-0.05, 0) is 37.3 Å². The van der Waals surface area contributed by atoms with Crippen LogP contribution < -0.4 is 10.6 Å². The Labute approximate surface area is 173 Å². The zero-order valence-electron chi connectivity index (χ0n) is 15.9. The molecule has 148 valence electrons. The summed E-state index contributed by atoms with van der Waals surface area (Å²) in [5, 5.41) is 5.58. The Hall–Kier alpha value is -3.12. The number of thioether (sulfide) groups is 1. The molecule has 3 aromatic rings. The maximum Gasteiger partial charge on any atom is 0.252 e. The first kappa shape index (κ1) is 20.6. The molecule has 2 N–H and O–H groups in total. The van der Waals surface area contributed by atoms with Crippen molar-refractivity contribution in [3.05, 3.63) is 95.3 Å². The van der Waals surface area contributed by atoms with Crippen LogP contribution in [0, 0.1) is 12.7 Å². The van der Waals surface area contributed by atoms with E-state index in [2.05, 4.69) is 10.6 Å². The summed E-state index contributed by atoms with van der Waals surface area (Å²) in [7, 11) is 0. The Morgan fingerprint density at radius 2 is 1.62 bits per heavy atom. The van der Waals surface area contributed by atoms with Gasteiger partial charge in [-0.25, -0.2) is 4.39 Å². The number of anilines is 1. The molecule has 3 rings (SSSR count). The van der Waals surface area contributed by atoms with E-state index in [1.807, 2.05) is 37.3 Å². The van der Waals surface area contributed by atoms with Crippen molar-refractivity contribution in [1.82, 2.24) is 5.32 Å². The summed E-state index contributed by atoms with van der Waals surface area (Å²) in [6, 6.07) is 20.9. The molecule has 0 aromatic heterocycles. The van der Waals surface area contributed by atoms with E-state index in [0.29, 0.717) is 16.0 Å². The molecule has 0 saturated carbocycles. The van der Waals surface area contributed by atoms with Gasteiger partial charge in [0.05, 0.1) is 11.3 Å². The molecule has 2 amide bonds. The Kier molecular flexibility index (Phi) is 7.03. The van der Waals surface area contributed by atoms with Gasteiger partial charge in [0, 0.05) is 22.7 Å². The summed E-state index contributed by atoms with van der Waals surface area (Å²) in [5.41, 5.74) is 2.73. The standard InChI is InChI=1S/C23H21FN2O2S/c1-16-10-12-18(13-11-16)26-22(27)15-29-21-9-5-3-7-19(21)23(28)25-14-17-6-2-4-8-20(17)24/h2-13H,14-15H2,1H3,(H,25,28)(H,26,27). The highest BCUT2D eigenvalue weighted by Gasteiger charge is 2.13. The minimum absolute atomic E-state index is 0.0957. The van der Waals surface area contributed by atoms with E-state index < -0.39 is 0 Å². The van der Waals surface area contributed by atoms with Crippen molar-refractivity contribution in [2.45, 2.75) is 18.4 Å². The molecule has 0 saturated heterocycles. The smallest absolute Gasteiger partial charge is 0.252 e. The minimum atomic E-state index is -0.358. The first-order valence-corrected chi connectivity index (χ1v) is 10.1. The van der Waals surface area contributed by atoms with Gasteiger partial charge in [-0.3, -0.25) is 9.59 Å². The number of hydrogen-bond donors (Lipinski definition) is 2. The largest absolute Gasteiger partial charge is 0.348 e. The lowest BCUT2D eigenvalue weighted by Crippen LogP contribution is -2.24. The molecule has 4 nitrogen and oxygen atoms in total. The van der Waals surface area contributed by atoms with Crippen LogP contribution in [0.1, 0.15) is 21.5 Å². The van der Waals surface area contributed by atoms with Gasteiger partial charge >= 0.3 is 0 Å². The number of carbonyl (C=O) groups excluding carboxylic acids is 2. The average molecular weight is 408 g/mol. The first-order valence-electron chi connectivity index (χ1n) is 9.13. The predicted octanol–water partition coefficient (Wildman–Crippen LogP) is 4.79. The number of rotatable bonds is 7. The van der Waals surface area contributed by atoms with Crippen molar-refractivity contribution in [3.63, 3.8) is 0 Å². The molecule has 6 heteroatoms. The third-order valence-corrected chi connectivity index (χ3v) is 5.30. The van der Waals surface area contributed by atoms with E-state index in [1.54, 1.807) is 36.4 Å². The van der Waals surface area contributed by atoms with Crippen LogP contribution in [0.4, 0.5) is 10.1 Å². The van der Waals surface area contributed by atoms with Crippen LogP contribution in [0.3, 0.4) is 0 Å². The second-order valence-corrected chi connectivity index (χ2v) is 7.49. The van der Waals surface area contributed by atoms with E-state index in [9.17, 15) is 14.0 Å². The van der Waals surface area contributed by atoms with Crippen molar-refractivity contribution in [2.24, 2.45) is 0 Å². The van der Waals surface area contributed by atoms with Crippen LogP contribution in [0.15, 0.2) is 77.7 Å². The van der Waals surface area contributed by atoms with Gasteiger partial charge in [0.25, 0.3) is 5.91 Å². The van der Waals surface area contributed by atoms with Crippen LogP contribution in [-0.4, -0.2) is 17.6 Å². The molecular weight excluding hydrogens is 387 g/mol. The third kappa shape index (κ3) is 5.93. The van der Waals surface area contributed by atoms with Crippen molar-refractivity contribution < 1.29 is 14.0 Å². The van der Waals surface area contributed by atoms with E-state index in [-0.39, 0.29) is 29.9 Å². The molecule has 0 aliphatic carbocycles. The second-order valence-electron chi connectivity index (χ2n) is 6.47. The molecule has 0 unspecified atom stereocenters. The molecule has 0 aliphatic rings. The lowest BCUT2D eigenvalue weighted by molar-refractivity contribution is -0.113. The zero-order chi connectivity index (χ0) is 20.6. The van der Waals surface area contributed by atoms with E-state index >= 15 is 0 Å². The Morgan fingerprint density at radius 3 is 2.38 bits per heavy atom. The van der Waals surface area contributed by atoms with Crippen molar-refractivity contribution in [1.29, 1.82) is 0 Å². The fourth-order valence-electron chi connectivity index (χ4n) is 2.67. The number of amides is 2. The second kappa shape index (κ2) is 9.89. The number of benzene rings is 3. The Morgan fingerprint density at radius 1 is 0.931 bits per heavy atom. The molecule has 0 heterocycles. The summed E-state index contributed by atoms with van der Waals surface area (Å²) < 4.78 is 13.7. The normalized spacial score (nSPS) is 10.4. The van der Waals surface area contributed by atoms with Gasteiger partial charge in [0.1, 0.15) is 5.82 Å². The fraction of sp³-hybridized carbons (Fsp3) is 0.130. The van der Waals surface area contributed by atoms with Crippen molar-refractivity contribution in [3.8, 4) is 0 Å². The highest BCUT2D eigenvalue weighted by atomic mass is 32.2. The fourth-order valence-corrected chi connectivity index (χ4v) is 3.52. The summed E-state index contributed by atoms with van der Waals surface area (Å²) in [6.45, 7) is 2.08. The molecular formula is C23H21FN2O2S. The lowest BCUT2D eigenvalue weighted by Gasteiger charge is -2.11. The van der Waals surface area contributed by atoms with Crippen LogP contribution in [0.5, 0.6) is 0 Å². The molecule has 0 spiro atoms. The summed E-state index contributed by atoms with van der Waals surface area (Å²) in [6.07, 6.45) is 0. The van der Waals surface area contributed by atoms with Crippen LogP contribution in [0.2, 0.25) is 0 Å². The average Bonchev–Trinajstić information content (AvgIpc) is 2.73. The molecule has 0 fully saturated rings. The van der Waals surface area contributed by atoms with Crippen LogP contribution in [0.25, 0.3) is 0 Å². The minimum Gasteiger partial charge on any atom is -0.348 e. The quantitative estimate of drug-likeness (QED) is 0.553. The highest BCUT2D eigenvalue weighted by Crippen LogP contribution is 2.23. The third-order valence-electron chi connectivity index (χ3n) is 4.22. The molecule has 29 heavy (non-hydrogen) atoms. The maximum atomic E-state index is 13.7. The molecule has 0 aliphatic heterocycles. The molecule has 0 bridgehead atoms. The summed E-state index contributed by atoms with van der Waals surface area (Å²) in [5.74, 6) is -0.648. The van der Waals surface area contributed by atoms with Crippen molar-refractivity contribution in [2.75, 3.05) is 11.1 Å². The van der Waals surface area contributed by atoms with Gasteiger partial charge < -0.3 is 10.6 Å². The maximum absolute atomic E-state index is 13.7. The molecule has 0 radical (unpaired) electrons. The molecule has 3 aromatic carbocycles. The Bertz CT molecular complexity index is 1010. The van der Waals surface area contributed by atoms with Gasteiger partial charge in [-0.2, -0.15) is 0 Å². The lowest BCUT2D eigenvalue weighted by atomic mass is 10.2. The van der Waals surface area contributed by atoms with Crippen LogP contribution in [-0.2, 0) is 11.3 Å². The number of carbonyl (C=O) groups is 2. The number of halogens is 1. The van der Waals surface area contributed by atoms with Gasteiger partial charge in [0.15, 0.2) is 0 Å². The monoisotopic (exact) mass is 408 g/mol. The number of aryl methyl sites for hydroxylation is 1. The molecule has 0 atom stereocenters. The zero-order valence-corrected chi connectivity index (χ0v) is 16.8. The number of hydrogen-bond acceptors (Lipinski definition) is 3. The van der Waals surface area contributed by atoms with E-state index in [1.165, 1.54) is 17.8 Å². The highest BCUT2D eigenvalue weighted by molar-refractivity contribution is 8.00. The Balaban J connectivity index is 1.59. The van der Waals surface area contributed by atoms with E-state index in [0.717, 1.165) is 11.3 Å². The number of nitrogens with one attached hydrogen (secondary N) is 2. The van der Waals surface area contributed by atoms with Gasteiger partial charge in [-0.1, -0.05) is 48.0 Å². The summed E-state index contributed by atoms with van der Waals surface area (Å²) in [4.78, 5) is 25.5. The SMILES string of the molecule is Cc1ccc(NC(=O)CSc2ccccc2C(=O)NCc2ccccc2F)cc1. The van der Waals surface area contributed by atoms with Crippen molar-refractivity contribution >= 4 is 29.3 Å². The topological polar surface area (TPSA) is 58.2 Å². The summed E-state index contributed by atoms with van der Waals surface area (Å²) >= 11 is 1.28.